The van der Waals surface area contributed by atoms with Crippen molar-refractivity contribution in [2.75, 3.05) is 23.9 Å². The lowest BCUT2D eigenvalue weighted by Crippen LogP contribution is -2.24. The van der Waals surface area contributed by atoms with Gasteiger partial charge in [0.05, 0.1) is 19.3 Å². The van der Waals surface area contributed by atoms with Gasteiger partial charge in [0.2, 0.25) is 5.91 Å². The predicted octanol–water partition coefficient (Wildman–Crippen LogP) is 3.32. The van der Waals surface area contributed by atoms with Gasteiger partial charge in [-0.3, -0.25) is 14.3 Å². The first kappa shape index (κ1) is 18.7. The number of amides is 2. The number of ether oxygens (including phenoxy) is 1. The molecule has 0 bridgehead atoms. The molecule has 0 radical (unpaired) electrons. The molecule has 7 heteroatoms. The van der Waals surface area contributed by atoms with E-state index in [0.29, 0.717) is 36.5 Å². The van der Waals surface area contributed by atoms with Gasteiger partial charge in [-0.1, -0.05) is 12.1 Å². The molecular formula is C22H22N4O3. The van der Waals surface area contributed by atoms with Crippen molar-refractivity contribution in [2.45, 2.75) is 19.4 Å². The molecule has 2 heterocycles. The third-order valence-corrected chi connectivity index (χ3v) is 4.92. The maximum Gasteiger partial charge on any atom is 0.255 e. The molecule has 148 valence electrons. The quantitative estimate of drug-likeness (QED) is 0.701. The minimum Gasteiger partial charge on any atom is -0.494 e. The molecule has 1 aliphatic heterocycles. The van der Waals surface area contributed by atoms with Gasteiger partial charge in [0, 0.05) is 42.7 Å². The normalized spacial score (nSPS) is 13.6. The Kier molecular flexibility index (Phi) is 5.29. The Morgan fingerprint density at radius 2 is 2.03 bits per heavy atom. The number of nitrogens with one attached hydrogen (secondary N) is 1. The van der Waals surface area contributed by atoms with E-state index in [1.165, 1.54) is 0 Å². The highest BCUT2D eigenvalue weighted by atomic mass is 16.5. The summed E-state index contributed by atoms with van der Waals surface area (Å²) in [6.45, 7) is 1.34. The van der Waals surface area contributed by atoms with E-state index < -0.39 is 0 Å². The zero-order valence-corrected chi connectivity index (χ0v) is 16.2. The molecule has 0 aliphatic carbocycles. The van der Waals surface area contributed by atoms with E-state index >= 15 is 0 Å². The van der Waals surface area contributed by atoms with Gasteiger partial charge >= 0.3 is 0 Å². The number of aromatic nitrogens is 2. The van der Waals surface area contributed by atoms with Crippen molar-refractivity contribution in [3.8, 4) is 5.75 Å². The number of benzene rings is 2. The summed E-state index contributed by atoms with van der Waals surface area (Å²) in [5.41, 5.74) is 2.97. The van der Waals surface area contributed by atoms with E-state index in [-0.39, 0.29) is 11.8 Å². The number of carbonyl (C=O) groups excluding carboxylic acids is 2. The number of rotatable bonds is 6. The summed E-state index contributed by atoms with van der Waals surface area (Å²) in [5, 5.41) is 7.07. The summed E-state index contributed by atoms with van der Waals surface area (Å²) in [7, 11) is 1.56. The fourth-order valence-electron chi connectivity index (χ4n) is 3.43. The molecule has 1 N–H and O–H groups in total. The Hall–Kier alpha value is -3.61. The summed E-state index contributed by atoms with van der Waals surface area (Å²) >= 11 is 0. The summed E-state index contributed by atoms with van der Waals surface area (Å²) < 4.78 is 7.27. The van der Waals surface area contributed by atoms with Crippen molar-refractivity contribution < 1.29 is 14.3 Å². The van der Waals surface area contributed by atoms with Gasteiger partial charge in [-0.2, -0.15) is 5.10 Å². The van der Waals surface area contributed by atoms with Crippen LogP contribution in [-0.4, -0.2) is 35.2 Å². The molecule has 0 atom stereocenters. The third-order valence-electron chi connectivity index (χ3n) is 4.92. The maximum absolute atomic E-state index is 12.6. The van der Waals surface area contributed by atoms with E-state index in [1.807, 2.05) is 35.1 Å². The van der Waals surface area contributed by atoms with Gasteiger partial charge in [0.1, 0.15) is 5.75 Å². The summed E-state index contributed by atoms with van der Waals surface area (Å²) in [5.74, 6) is 0.450. The fraction of sp³-hybridized carbons (Fsp3) is 0.227. The topological polar surface area (TPSA) is 76.5 Å². The molecule has 1 saturated heterocycles. The van der Waals surface area contributed by atoms with Crippen LogP contribution in [-0.2, 0) is 11.3 Å². The second-order valence-corrected chi connectivity index (χ2v) is 6.89. The summed E-state index contributed by atoms with van der Waals surface area (Å²) in [6, 6.07) is 14.6. The molecule has 1 aromatic heterocycles. The number of anilines is 2. The van der Waals surface area contributed by atoms with E-state index in [4.69, 9.17) is 4.74 Å². The highest BCUT2D eigenvalue weighted by molar-refractivity contribution is 6.05. The van der Waals surface area contributed by atoms with Crippen LogP contribution in [0.4, 0.5) is 11.4 Å². The first-order valence-corrected chi connectivity index (χ1v) is 9.50. The molecule has 7 nitrogen and oxygen atoms in total. The Morgan fingerprint density at radius 1 is 1.21 bits per heavy atom. The minimum atomic E-state index is -0.206. The van der Waals surface area contributed by atoms with Crippen LogP contribution in [0.1, 0.15) is 28.8 Å². The molecule has 0 saturated carbocycles. The molecule has 2 aromatic carbocycles. The standard InChI is InChI=1S/C22H22N4O3/c1-29-20-14-18(9-10-19(20)26-13-2-4-21(26)27)24-22(28)17-7-5-16(6-8-17)15-25-12-3-11-23-25/h3,5-12,14H,2,4,13,15H2,1H3,(H,24,28). The third kappa shape index (κ3) is 4.13. The summed E-state index contributed by atoms with van der Waals surface area (Å²) in [6.07, 6.45) is 5.03. The Balaban J connectivity index is 1.45. The molecule has 4 rings (SSSR count). The fourth-order valence-corrected chi connectivity index (χ4v) is 3.43. The lowest BCUT2D eigenvalue weighted by Gasteiger charge is -2.19. The molecule has 0 unspecified atom stereocenters. The van der Waals surface area contributed by atoms with E-state index in [0.717, 1.165) is 17.7 Å². The Morgan fingerprint density at radius 3 is 2.69 bits per heavy atom. The SMILES string of the molecule is COc1cc(NC(=O)c2ccc(Cn3cccn3)cc2)ccc1N1CCCC1=O. The van der Waals surface area contributed by atoms with Crippen LogP contribution in [0.3, 0.4) is 0 Å². The van der Waals surface area contributed by atoms with Crippen molar-refractivity contribution in [1.29, 1.82) is 0 Å². The molecular weight excluding hydrogens is 368 g/mol. The van der Waals surface area contributed by atoms with Crippen LogP contribution in [0.15, 0.2) is 60.9 Å². The van der Waals surface area contributed by atoms with Gasteiger partial charge in [-0.15, -0.1) is 0 Å². The highest BCUT2D eigenvalue weighted by Gasteiger charge is 2.24. The van der Waals surface area contributed by atoms with E-state index in [2.05, 4.69) is 10.4 Å². The maximum atomic E-state index is 12.6. The van der Waals surface area contributed by atoms with Crippen LogP contribution in [0.25, 0.3) is 0 Å². The van der Waals surface area contributed by atoms with Gasteiger partial charge in [-0.05, 0) is 42.3 Å². The van der Waals surface area contributed by atoms with E-state index in [1.54, 1.807) is 42.5 Å². The van der Waals surface area contributed by atoms with Gasteiger partial charge in [-0.25, -0.2) is 0 Å². The average Bonchev–Trinajstić information content (AvgIpc) is 3.40. The predicted molar refractivity (Wildman–Crippen MR) is 110 cm³/mol. The zero-order chi connectivity index (χ0) is 20.2. The minimum absolute atomic E-state index is 0.0929. The number of hydrogen-bond acceptors (Lipinski definition) is 4. The van der Waals surface area contributed by atoms with Crippen molar-refractivity contribution in [3.05, 3.63) is 72.1 Å². The Bertz CT molecular complexity index is 1010. The summed E-state index contributed by atoms with van der Waals surface area (Å²) in [4.78, 5) is 26.3. The lowest BCUT2D eigenvalue weighted by atomic mass is 10.1. The van der Waals surface area contributed by atoms with Crippen LogP contribution < -0.4 is 15.0 Å². The van der Waals surface area contributed by atoms with Gasteiger partial charge in [0.25, 0.3) is 5.91 Å². The first-order chi connectivity index (χ1) is 14.1. The zero-order valence-electron chi connectivity index (χ0n) is 16.2. The molecule has 29 heavy (non-hydrogen) atoms. The van der Waals surface area contributed by atoms with Gasteiger partial charge in [0.15, 0.2) is 0 Å². The monoisotopic (exact) mass is 390 g/mol. The average molecular weight is 390 g/mol. The van der Waals surface area contributed by atoms with Crippen molar-refractivity contribution in [2.24, 2.45) is 0 Å². The van der Waals surface area contributed by atoms with Crippen LogP contribution in [0.5, 0.6) is 5.75 Å². The molecule has 0 spiro atoms. The van der Waals surface area contributed by atoms with Crippen LogP contribution in [0.2, 0.25) is 0 Å². The van der Waals surface area contributed by atoms with Crippen molar-refractivity contribution in [1.82, 2.24) is 9.78 Å². The second kappa shape index (κ2) is 8.18. The molecule has 3 aromatic rings. The first-order valence-electron chi connectivity index (χ1n) is 9.50. The smallest absolute Gasteiger partial charge is 0.255 e. The second-order valence-electron chi connectivity index (χ2n) is 6.89. The number of methoxy groups -OCH3 is 1. The number of carbonyl (C=O) groups is 2. The van der Waals surface area contributed by atoms with Crippen LogP contribution in [0, 0.1) is 0 Å². The van der Waals surface area contributed by atoms with Crippen molar-refractivity contribution >= 4 is 23.2 Å². The molecule has 2 amide bonds. The molecule has 1 aliphatic rings. The number of nitrogens with zero attached hydrogens (tertiary/aromatic N) is 3. The van der Waals surface area contributed by atoms with Crippen LogP contribution >= 0.6 is 0 Å². The lowest BCUT2D eigenvalue weighted by molar-refractivity contribution is -0.117. The largest absolute Gasteiger partial charge is 0.494 e. The van der Waals surface area contributed by atoms with Crippen molar-refractivity contribution in [3.63, 3.8) is 0 Å². The number of hydrogen-bond donors (Lipinski definition) is 1. The van der Waals surface area contributed by atoms with E-state index in [9.17, 15) is 9.59 Å². The Labute approximate surface area is 168 Å². The highest BCUT2D eigenvalue weighted by Crippen LogP contribution is 2.34. The molecule has 1 fully saturated rings. The van der Waals surface area contributed by atoms with Gasteiger partial charge < -0.3 is 15.0 Å².